The summed E-state index contributed by atoms with van der Waals surface area (Å²) < 4.78 is 65.7. The molecule has 3 atom stereocenters. The predicted octanol–water partition coefficient (Wildman–Crippen LogP) is 3.92. The quantitative estimate of drug-likeness (QED) is 0.498. The van der Waals surface area contributed by atoms with Crippen LogP contribution in [0.2, 0.25) is 0 Å². The second-order valence-corrected chi connectivity index (χ2v) is 9.86. The van der Waals surface area contributed by atoms with E-state index >= 15 is 0 Å². The average molecular weight is 507 g/mol. The van der Waals surface area contributed by atoms with Gasteiger partial charge < -0.3 is 9.80 Å². The van der Waals surface area contributed by atoms with Crippen LogP contribution < -0.4 is 9.80 Å². The van der Waals surface area contributed by atoms with Gasteiger partial charge >= 0.3 is 6.18 Å². The summed E-state index contributed by atoms with van der Waals surface area (Å²) in [5.74, 6) is 0.645. The van der Waals surface area contributed by atoms with Gasteiger partial charge in [-0.25, -0.2) is 28.4 Å². The standard InChI is InChI=1S/C23H22F5N7O/c24-18(25)11-35-21-16(8-31-35)29-9-19(32-21)33-10-13-1-2-14(33)5-22(13)6-20(36)34(12-22)15-3-4-17(30-7-15)23(26,27)28/h3-4,7-9,13-14,18H,1-2,5-6,10-12H2. The summed E-state index contributed by atoms with van der Waals surface area (Å²) in [5, 5.41) is 3.97. The Hall–Kier alpha value is -3.38. The number of hydrogen-bond donors (Lipinski definition) is 0. The second-order valence-electron chi connectivity index (χ2n) is 9.86. The number of nitrogens with zero attached hydrogens (tertiary/aromatic N) is 7. The molecule has 1 amide bonds. The minimum atomic E-state index is -4.54. The number of halogens is 5. The second kappa shape index (κ2) is 8.07. The van der Waals surface area contributed by atoms with Gasteiger partial charge in [0.15, 0.2) is 5.65 Å². The molecular weight excluding hydrogens is 485 g/mol. The number of piperidine rings is 2. The molecule has 3 saturated heterocycles. The van der Waals surface area contributed by atoms with E-state index in [1.165, 1.54) is 12.3 Å². The van der Waals surface area contributed by atoms with Crippen molar-refractivity contribution in [3.63, 3.8) is 0 Å². The third-order valence-electron chi connectivity index (χ3n) is 7.78. The van der Waals surface area contributed by atoms with Crippen molar-refractivity contribution in [3.8, 4) is 0 Å². The first kappa shape index (κ1) is 23.0. The molecule has 4 aliphatic rings. The Bertz CT molecular complexity index is 1310. The van der Waals surface area contributed by atoms with Crippen LogP contribution in [0, 0.1) is 11.3 Å². The highest BCUT2D eigenvalue weighted by molar-refractivity contribution is 5.96. The molecule has 0 aromatic carbocycles. The lowest BCUT2D eigenvalue weighted by Gasteiger charge is -2.55. The molecule has 1 spiro atoms. The van der Waals surface area contributed by atoms with Crippen molar-refractivity contribution < 1.29 is 26.7 Å². The van der Waals surface area contributed by atoms with Crippen LogP contribution in [0.1, 0.15) is 31.4 Å². The topological polar surface area (TPSA) is 80.0 Å². The number of carbonyl (C=O) groups excluding carboxylic acids is 1. The normalized spacial score (nSPS) is 26.2. The van der Waals surface area contributed by atoms with E-state index in [4.69, 9.17) is 0 Å². The Morgan fingerprint density at radius 3 is 2.61 bits per heavy atom. The van der Waals surface area contributed by atoms with Crippen LogP contribution in [0.3, 0.4) is 0 Å². The number of rotatable bonds is 4. The molecule has 3 aliphatic heterocycles. The van der Waals surface area contributed by atoms with E-state index in [1.807, 2.05) is 0 Å². The number of amides is 1. The average Bonchev–Trinajstić information content (AvgIpc) is 3.38. The Labute approximate surface area is 202 Å². The van der Waals surface area contributed by atoms with Crippen molar-refractivity contribution in [1.82, 2.24) is 24.7 Å². The maximum atomic E-state index is 13.0. The fourth-order valence-electron chi connectivity index (χ4n) is 6.11. The molecular formula is C23H22F5N7O. The SMILES string of the molecule is O=C1CC2(CC3CCC2CN3c2cnc3cnn(CC(F)F)c3n2)CN1c1ccc(C(F)(F)F)nc1. The van der Waals surface area contributed by atoms with Crippen LogP contribution in [0.4, 0.5) is 33.5 Å². The zero-order valence-electron chi connectivity index (χ0n) is 19.0. The molecule has 2 bridgehead atoms. The highest BCUT2D eigenvalue weighted by Gasteiger charge is 2.56. The summed E-state index contributed by atoms with van der Waals surface area (Å²) in [6.45, 7) is 0.507. The molecule has 36 heavy (non-hydrogen) atoms. The molecule has 0 radical (unpaired) electrons. The summed E-state index contributed by atoms with van der Waals surface area (Å²) in [6.07, 6.45) is -0.0639. The van der Waals surface area contributed by atoms with Crippen molar-refractivity contribution in [2.24, 2.45) is 11.3 Å². The van der Waals surface area contributed by atoms with Gasteiger partial charge in [0.05, 0.1) is 24.3 Å². The maximum Gasteiger partial charge on any atom is 0.433 e. The molecule has 3 aromatic rings. The lowest BCUT2D eigenvalue weighted by atomic mass is 9.60. The van der Waals surface area contributed by atoms with Crippen molar-refractivity contribution in [1.29, 1.82) is 0 Å². The van der Waals surface area contributed by atoms with Crippen LogP contribution in [0.25, 0.3) is 11.2 Å². The van der Waals surface area contributed by atoms with Crippen LogP contribution >= 0.6 is 0 Å². The first-order chi connectivity index (χ1) is 17.1. The van der Waals surface area contributed by atoms with Crippen molar-refractivity contribution >= 4 is 28.6 Å². The third kappa shape index (κ3) is 3.75. The minimum Gasteiger partial charge on any atom is -0.352 e. The summed E-state index contributed by atoms with van der Waals surface area (Å²) >= 11 is 0. The molecule has 4 fully saturated rings. The van der Waals surface area contributed by atoms with E-state index < -0.39 is 24.8 Å². The van der Waals surface area contributed by atoms with Gasteiger partial charge in [-0.05, 0) is 37.3 Å². The van der Waals surface area contributed by atoms with E-state index in [2.05, 4.69) is 25.0 Å². The molecule has 1 saturated carbocycles. The zero-order valence-corrected chi connectivity index (χ0v) is 19.0. The largest absolute Gasteiger partial charge is 0.433 e. The Balaban J connectivity index is 1.23. The molecule has 13 heteroatoms. The lowest BCUT2D eigenvalue weighted by Crippen LogP contribution is -2.58. The highest BCUT2D eigenvalue weighted by Crippen LogP contribution is 2.54. The first-order valence-corrected chi connectivity index (χ1v) is 11.7. The van der Waals surface area contributed by atoms with E-state index in [0.29, 0.717) is 42.2 Å². The van der Waals surface area contributed by atoms with Crippen LogP contribution in [-0.2, 0) is 17.5 Å². The van der Waals surface area contributed by atoms with Gasteiger partial charge in [-0.3, -0.25) is 4.79 Å². The Morgan fingerprint density at radius 1 is 1.11 bits per heavy atom. The molecule has 190 valence electrons. The molecule has 0 N–H and O–H groups in total. The molecule has 3 aromatic heterocycles. The van der Waals surface area contributed by atoms with Crippen LogP contribution in [0.5, 0.6) is 0 Å². The predicted molar refractivity (Wildman–Crippen MR) is 118 cm³/mol. The van der Waals surface area contributed by atoms with Gasteiger partial charge in [0.2, 0.25) is 5.91 Å². The van der Waals surface area contributed by atoms with Crippen molar-refractivity contribution in [3.05, 3.63) is 36.4 Å². The van der Waals surface area contributed by atoms with Gasteiger partial charge in [0.1, 0.15) is 23.6 Å². The lowest BCUT2D eigenvalue weighted by molar-refractivity contribution is -0.141. The zero-order chi connectivity index (χ0) is 25.2. The van der Waals surface area contributed by atoms with Crippen molar-refractivity contribution in [2.45, 2.75) is 50.9 Å². The number of carbonyl (C=O) groups is 1. The number of alkyl halides is 5. The summed E-state index contributed by atoms with van der Waals surface area (Å²) in [7, 11) is 0. The Morgan fingerprint density at radius 2 is 1.94 bits per heavy atom. The summed E-state index contributed by atoms with van der Waals surface area (Å²) in [6, 6.07) is 2.29. The maximum absolute atomic E-state index is 13.0. The van der Waals surface area contributed by atoms with Gasteiger partial charge in [0.25, 0.3) is 6.43 Å². The fourth-order valence-corrected chi connectivity index (χ4v) is 6.11. The molecule has 8 nitrogen and oxygen atoms in total. The number of hydrogen-bond acceptors (Lipinski definition) is 6. The number of aromatic nitrogens is 5. The molecule has 7 rings (SSSR count). The van der Waals surface area contributed by atoms with Crippen molar-refractivity contribution in [2.75, 3.05) is 22.9 Å². The fraction of sp³-hybridized carbons (Fsp3) is 0.522. The van der Waals surface area contributed by atoms with Gasteiger partial charge in [-0.2, -0.15) is 18.3 Å². The minimum absolute atomic E-state index is 0.0895. The monoisotopic (exact) mass is 507 g/mol. The summed E-state index contributed by atoms with van der Waals surface area (Å²) in [4.78, 5) is 29.1. The third-order valence-corrected chi connectivity index (χ3v) is 7.78. The van der Waals surface area contributed by atoms with Gasteiger partial charge in [-0.15, -0.1) is 0 Å². The number of anilines is 2. The van der Waals surface area contributed by atoms with E-state index in [-0.39, 0.29) is 23.3 Å². The molecule has 6 heterocycles. The highest BCUT2D eigenvalue weighted by atomic mass is 19.4. The summed E-state index contributed by atoms with van der Waals surface area (Å²) in [5.41, 5.74) is -0.158. The van der Waals surface area contributed by atoms with E-state index in [1.54, 1.807) is 11.1 Å². The van der Waals surface area contributed by atoms with Gasteiger partial charge in [-0.1, -0.05) is 0 Å². The molecule has 1 aliphatic carbocycles. The van der Waals surface area contributed by atoms with E-state index in [9.17, 15) is 26.7 Å². The number of fused-ring (bicyclic) bond motifs is 3. The van der Waals surface area contributed by atoms with Crippen LogP contribution in [0.15, 0.2) is 30.7 Å². The molecule has 3 unspecified atom stereocenters. The van der Waals surface area contributed by atoms with Crippen LogP contribution in [-0.4, -0.2) is 56.2 Å². The van der Waals surface area contributed by atoms with E-state index in [0.717, 1.165) is 36.2 Å². The first-order valence-electron chi connectivity index (χ1n) is 11.7. The number of pyridine rings is 1. The smallest absolute Gasteiger partial charge is 0.352 e. The van der Waals surface area contributed by atoms with Gasteiger partial charge in [0, 0.05) is 31.0 Å². The Kier molecular flexibility index (Phi) is 5.16.